The number of likely N-dealkylation sites (tertiary alicyclic amines) is 1. The summed E-state index contributed by atoms with van der Waals surface area (Å²) < 4.78 is 29.4. The number of aromatic amines is 1. The lowest BCUT2D eigenvalue weighted by molar-refractivity contribution is 0.102. The molecule has 1 aliphatic heterocycles. The van der Waals surface area contributed by atoms with Crippen molar-refractivity contribution >= 4 is 38.4 Å². The number of carbonyl (C=O) groups excluding carboxylic acids is 1. The minimum atomic E-state index is -3.84. The average molecular weight is 425 g/mol. The molecule has 0 aliphatic carbocycles. The van der Waals surface area contributed by atoms with Gasteiger partial charge in [0, 0.05) is 36.6 Å². The van der Waals surface area contributed by atoms with Gasteiger partial charge in [-0.15, -0.1) is 4.40 Å². The number of sulfonamides is 1. The van der Waals surface area contributed by atoms with E-state index in [9.17, 15) is 13.2 Å². The Hall–Kier alpha value is -3.13. The number of fused-ring (bicyclic) bond motifs is 1. The van der Waals surface area contributed by atoms with Crippen LogP contribution in [-0.2, 0) is 10.0 Å². The molecule has 1 fully saturated rings. The second-order valence-corrected chi connectivity index (χ2v) is 9.32. The van der Waals surface area contributed by atoms with Crippen molar-refractivity contribution in [1.82, 2.24) is 9.88 Å². The molecule has 7 nitrogen and oxygen atoms in total. The van der Waals surface area contributed by atoms with E-state index in [4.69, 9.17) is 0 Å². The van der Waals surface area contributed by atoms with Crippen LogP contribution in [0.4, 0.5) is 5.69 Å². The van der Waals surface area contributed by atoms with Gasteiger partial charge in [0.1, 0.15) is 11.5 Å². The van der Waals surface area contributed by atoms with Crippen molar-refractivity contribution in [2.75, 3.05) is 18.9 Å². The van der Waals surface area contributed by atoms with Crippen LogP contribution in [0.15, 0.2) is 51.8 Å². The third-order valence-corrected chi connectivity index (χ3v) is 6.58. The molecule has 1 amide bonds. The number of hydrogen-bond acceptors (Lipinski definition) is 3. The van der Waals surface area contributed by atoms with Crippen molar-refractivity contribution in [2.24, 2.45) is 4.40 Å². The number of aryl methyl sites for hydroxylation is 2. The number of hydrogen-bond donors (Lipinski definition) is 2. The topological polar surface area (TPSA) is 94.6 Å². The molecule has 0 spiro atoms. The summed E-state index contributed by atoms with van der Waals surface area (Å²) in [7, 11) is -2.01. The molecule has 4 rings (SSSR count). The molecule has 1 aliphatic rings. The molecular weight excluding hydrogens is 400 g/mol. The number of nitrogens with zero attached hydrogens (tertiary/aromatic N) is 2. The van der Waals surface area contributed by atoms with Crippen LogP contribution in [0.5, 0.6) is 0 Å². The largest absolute Gasteiger partial charge is 0.362 e. The van der Waals surface area contributed by atoms with Gasteiger partial charge in [-0.3, -0.25) is 4.79 Å². The number of H-pyrrole nitrogens is 1. The average Bonchev–Trinajstić information content (AvgIpc) is 3.28. The summed E-state index contributed by atoms with van der Waals surface area (Å²) in [6, 6.07) is 12.0. The van der Waals surface area contributed by atoms with Crippen LogP contribution in [0.25, 0.3) is 10.9 Å². The fourth-order valence-corrected chi connectivity index (χ4v) is 4.90. The number of aromatic nitrogens is 1. The number of amidine groups is 1. The summed E-state index contributed by atoms with van der Waals surface area (Å²) in [4.78, 5) is 17.8. The number of nitrogens with one attached hydrogen (secondary N) is 2. The van der Waals surface area contributed by atoms with Crippen LogP contribution in [0.2, 0.25) is 0 Å². The highest BCUT2D eigenvalue weighted by Crippen LogP contribution is 2.23. The summed E-state index contributed by atoms with van der Waals surface area (Å²) in [5.41, 5.74) is 3.91. The lowest BCUT2D eigenvalue weighted by Gasteiger charge is -2.11. The summed E-state index contributed by atoms with van der Waals surface area (Å²) in [5, 5.41) is 3.76. The van der Waals surface area contributed by atoms with E-state index >= 15 is 0 Å². The quantitative estimate of drug-likeness (QED) is 0.665. The first-order valence-electron chi connectivity index (χ1n) is 9.79. The molecule has 0 saturated carbocycles. The van der Waals surface area contributed by atoms with E-state index in [0.29, 0.717) is 23.6 Å². The first-order valence-corrected chi connectivity index (χ1v) is 11.2. The van der Waals surface area contributed by atoms with Crippen LogP contribution in [0.3, 0.4) is 0 Å². The van der Waals surface area contributed by atoms with Gasteiger partial charge in [-0.25, -0.2) is 0 Å². The van der Waals surface area contributed by atoms with Gasteiger partial charge >= 0.3 is 0 Å². The van der Waals surface area contributed by atoms with Gasteiger partial charge in [-0.2, -0.15) is 8.42 Å². The Balaban J connectivity index is 1.59. The Bertz CT molecular complexity index is 1270. The zero-order valence-electron chi connectivity index (χ0n) is 17.2. The van der Waals surface area contributed by atoms with Gasteiger partial charge in [0.15, 0.2) is 0 Å². The molecule has 156 valence electrons. The van der Waals surface area contributed by atoms with Gasteiger partial charge in [0.2, 0.25) is 0 Å². The predicted octanol–water partition coefficient (Wildman–Crippen LogP) is 3.85. The van der Waals surface area contributed by atoms with Crippen molar-refractivity contribution in [3.05, 3.63) is 59.3 Å². The van der Waals surface area contributed by atoms with Gasteiger partial charge in [0.05, 0.1) is 4.90 Å². The molecule has 8 heteroatoms. The molecule has 2 N–H and O–H groups in total. The van der Waals surface area contributed by atoms with E-state index < -0.39 is 10.0 Å². The molecule has 2 aromatic carbocycles. The Morgan fingerprint density at radius 2 is 1.97 bits per heavy atom. The predicted molar refractivity (Wildman–Crippen MR) is 119 cm³/mol. The molecular formula is C22H24N4O3S. The highest BCUT2D eigenvalue weighted by Gasteiger charge is 2.21. The van der Waals surface area contributed by atoms with Crippen LogP contribution in [-0.4, -0.2) is 43.6 Å². The molecule has 0 bridgehead atoms. The van der Waals surface area contributed by atoms with Crippen molar-refractivity contribution in [1.29, 1.82) is 0 Å². The number of amides is 1. The number of rotatable bonds is 4. The Labute approximate surface area is 175 Å². The maximum absolute atomic E-state index is 12.7. The fourth-order valence-electron chi connectivity index (χ4n) is 3.76. The van der Waals surface area contributed by atoms with E-state index in [1.165, 1.54) is 12.1 Å². The molecule has 1 saturated heterocycles. The highest BCUT2D eigenvalue weighted by molar-refractivity contribution is 7.90. The van der Waals surface area contributed by atoms with E-state index in [1.807, 2.05) is 37.9 Å². The first kappa shape index (κ1) is 20.2. The Morgan fingerprint density at radius 1 is 1.17 bits per heavy atom. The summed E-state index contributed by atoms with van der Waals surface area (Å²) in [6.45, 7) is 4.81. The van der Waals surface area contributed by atoms with Gasteiger partial charge in [-0.1, -0.05) is 12.1 Å². The fraction of sp³-hybridized carbons (Fsp3) is 0.273. The van der Waals surface area contributed by atoms with E-state index in [-0.39, 0.29) is 10.8 Å². The van der Waals surface area contributed by atoms with E-state index in [0.717, 1.165) is 35.0 Å². The molecule has 3 aromatic rings. The molecule has 0 radical (unpaired) electrons. The van der Waals surface area contributed by atoms with Crippen molar-refractivity contribution in [3.63, 3.8) is 0 Å². The minimum absolute atomic E-state index is 0.0521. The van der Waals surface area contributed by atoms with Crippen LogP contribution >= 0.6 is 0 Å². The normalized spacial score (nSPS) is 15.8. The Kier molecular flexibility index (Phi) is 5.11. The monoisotopic (exact) mass is 424 g/mol. The zero-order chi connectivity index (χ0) is 21.5. The Morgan fingerprint density at radius 3 is 2.70 bits per heavy atom. The van der Waals surface area contributed by atoms with Crippen molar-refractivity contribution in [2.45, 2.75) is 31.6 Å². The SMILES string of the molecule is Cc1cc(C)c2cc(C(=O)Nc3cccc(S(=O)(=O)/N=C4\CCCN4C)c3)[nH]c2c1. The second-order valence-electron chi connectivity index (χ2n) is 7.72. The van der Waals surface area contributed by atoms with Crippen molar-refractivity contribution in [3.8, 4) is 0 Å². The maximum atomic E-state index is 12.7. The lowest BCUT2D eigenvalue weighted by Crippen LogP contribution is -2.20. The van der Waals surface area contributed by atoms with Gasteiger partial charge < -0.3 is 15.2 Å². The molecule has 2 heterocycles. The van der Waals surface area contributed by atoms with E-state index in [1.54, 1.807) is 12.1 Å². The summed E-state index contributed by atoms with van der Waals surface area (Å²) >= 11 is 0. The van der Waals surface area contributed by atoms with Crippen LogP contribution in [0, 0.1) is 13.8 Å². The number of carbonyl (C=O) groups is 1. The number of anilines is 1. The third-order valence-electron chi connectivity index (χ3n) is 5.28. The minimum Gasteiger partial charge on any atom is -0.362 e. The maximum Gasteiger partial charge on any atom is 0.284 e. The number of benzene rings is 2. The van der Waals surface area contributed by atoms with Crippen molar-refractivity contribution < 1.29 is 13.2 Å². The molecule has 0 unspecified atom stereocenters. The second kappa shape index (κ2) is 7.60. The summed E-state index contributed by atoms with van der Waals surface area (Å²) in [6.07, 6.45) is 1.54. The molecule has 1 aromatic heterocycles. The zero-order valence-corrected chi connectivity index (χ0v) is 18.0. The third kappa shape index (κ3) is 3.95. The standard InChI is InChI=1S/C22H24N4O3S/c1-14-10-15(2)18-13-20(24-19(18)11-14)22(27)23-16-6-4-7-17(12-16)30(28,29)25-21-8-5-9-26(21)3/h4,6-7,10-13,24H,5,8-9H2,1-3H3,(H,23,27)/b25-21+. The smallest absolute Gasteiger partial charge is 0.284 e. The molecule has 30 heavy (non-hydrogen) atoms. The van der Waals surface area contributed by atoms with Crippen LogP contribution in [0.1, 0.15) is 34.5 Å². The first-order chi connectivity index (χ1) is 14.2. The lowest BCUT2D eigenvalue weighted by atomic mass is 10.1. The molecule has 0 atom stereocenters. The van der Waals surface area contributed by atoms with Crippen LogP contribution < -0.4 is 5.32 Å². The summed E-state index contributed by atoms with van der Waals surface area (Å²) in [5.74, 6) is 0.229. The highest BCUT2D eigenvalue weighted by atomic mass is 32.2. The van der Waals surface area contributed by atoms with Gasteiger partial charge in [0.25, 0.3) is 15.9 Å². The van der Waals surface area contributed by atoms with Gasteiger partial charge in [-0.05, 0) is 61.7 Å². The van der Waals surface area contributed by atoms with E-state index in [2.05, 4.69) is 20.8 Å².